The number of thiazole rings is 1. The third-order valence-electron chi connectivity index (χ3n) is 5.00. The van der Waals surface area contributed by atoms with Gasteiger partial charge in [0.1, 0.15) is 22.6 Å². The van der Waals surface area contributed by atoms with E-state index < -0.39 is 33.8 Å². The third kappa shape index (κ3) is 4.27. The number of rotatable bonds is 6. The van der Waals surface area contributed by atoms with Gasteiger partial charge < -0.3 is 9.30 Å². The van der Waals surface area contributed by atoms with Gasteiger partial charge in [-0.3, -0.25) is 9.59 Å². The predicted octanol–water partition coefficient (Wildman–Crippen LogP) is 2.75. The molecule has 1 saturated heterocycles. The van der Waals surface area contributed by atoms with Crippen molar-refractivity contribution in [2.45, 2.75) is 36.6 Å². The molecule has 2 aromatic heterocycles. The summed E-state index contributed by atoms with van der Waals surface area (Å²) >= 11 is 2.14. The molecule has 1 aliphatic heterocycles. The number of carbonyl (C=O) groups is 2. The van der Waals surface area contributed by atoms with E-state index >= 15 is 0 Å². The number of hydrogen-bond donors (Lipinski definition) is 0. The number of hydrogen-bond acceptors (Lipinski definition) is 7. The fraction of sp³-hybridized carbons (Fsp3) is 0.350. The number of para-hydroxylation sites is 1. The van der Waals surface area contributed by atoms with Crippen LogP contribution in [0.4, 0.5) is 4.39 Å². The summed E-state index contributed by atoms with van der Waals surface area (Å²) in [6, 6.07) is 6.64. The molecule has 8 nitrogen and oxygen atoms in total. The van der Waals surface area contributed by atoms with E-state index in [1.54, 1.807) is 24.4 Å². The van der Waals surface area contributed by atoms with Gasteiger partial charge in [0.15, 0.2) is 4.80 Å². The molecule has 1 unspecified atom stereocenters. The van der Waals surface area contributed by atoms with Gasteiger partial charge in [0.25, 0.3) is 15.9 Å². The summed E-state index contributed by atoms with van der Waals surface area (Å²) in [5, 5.41) is 1.66. The molecule has 12 heteroatoms. The van der Waals surface area contributed by atoms with Crippen molar-refractivity contribution in [2.75, 3.05) is 13.2 Å². The van der Waals surface area contributed by atoms with Crippen LogP contribution >= 0.6 is 22.7 Å². The molecular weight excluding hydrogens is 477 g/mol. The SMILES string of the molecule is CCOC(=O)Cn1c(=NC(=O)C2CCCN2S(=O)(=O)c2cccs2)sc2cccc(F)c21. The first-order valence-electron chi connectivity index (χ1n) is 9.90. The predicted molar refractivity (Wildman–Crippen MR) is 118 cm³/mol. The van der Waals surface area contributed by atoms with Crippen molar-refractivity contribution in [2.24, 2.45) is 4.99 Å². The van der Waals surface area contributed by atoms with E-state index in [2.05, 4.69) is 4.99 Å². The first-order valence-corrected chi connectivity index (χ1v) is 13.0. The molecule has 0 bridgehead atoms. The molecule has 0 aliphatic carbocycles. The van der Waals surface area contributed by atoms with Crippen LogP contribution < -0.4 is 4.80 Å². The number of halogens is 1. The number of thiophene rings is 1. The first-order chi connectivity index (χ1) is 15.3. The number of esters is 1. The average molecular weight is 498 g/mol. The van der Waals surface area contributed by atoms with E-state index in [0.29, 0.717) is 17.5 Å². The highest BCUT2D eigenvalue weighted by atomic mass is 32.2. The summed E-state index contributed by atoms with van der Waals surface area (Å²) in [5.41, 5.74) is 0.145. The van der Waals surface area contributed by atoms with E-state index in [1.807, 2.05) is 0 Å². The summed E-state index contributed by atoms with van der Waals surface area (Å²) in [6.45, 7) is 1.72. The zero-order chi connectivity index (χ0) is 22.9. The van der Waals surface area contributed by atoms with Gasteiger partial charge in [0, 0.05) is 6.54 Å². The topological polar surface area (TPSA) is 98.0 Å². The lowest BCUT2D eigenvalue weighted by Crippen LogP contribution is -2.40. The van der Waals surface area contributed by atoms with Crippen LogP contribution in [0.15, 0.2) is 44.9 Å². The standard InChI is InChI=1S/C20H20FN3O5S3/c1-2-29-16(25)12-23-18-13(21)6-3-8-15(18)31-20(23)22-19(26)14-7-4-10-24(14)32(27,28)17-9-5-11-30-17/h3,5-6,8-9,11,14H,2,4,7,10,12H2,1H3. The molecule has 4 rings (SSSR count). The Bertz CT molecular complexity index is 1330. The summed E-state index contributed by atoms with van der Waals surface area (Å²) in [7, 11) is -3.82. The van der Waals surface area contributed by atoms with Crippen LogP contribution in [-0.2, 0) is 30.9 Å². The van der Waals surface area contributed by atoms with Gasteiger partial charge in [-0.25, -0.2) is 12.8 Å². The Hall–Kier alpha value is -2.41. The van der Waals surface area contributed by atoms with Crippen LogP contribution in [0.3, 0.4) is 0 Å². The lowest BCUT2D eigenvalue weighted by Gasteiger charge is -2.20. The van der Waals surface area contributed by atoms with E-state index in [4.69, 9.17) is 4.74 Å². The lowest BCUT2D eigenvalue weighted by molar-refractivity contribution is -0.143. The van der Waals surface area contributed by atoms with E-state index in [-0.39, 0.29) is 34.2 Å². The minimum atomic E-state index is -3.82. The Labute approximate surface area is 191 Å². The summed E-state index contributed by atoms with van der Waals surface area (Å²) in [6.07, 6.45) is 0.866. The minimum absolute atomic E-state index is 0.114. The van der Waals surface area contributed by atoms with Gasteiger partial charge in [0.05, 0.1) is 16.8 Å². The molecular formula is C20H20FN3O5S3. The van der Waals surface area contributed by atoms with Crippen molar-refractivity contribution >= 4 is 54.8 Å². The van der Waals surface area contributed by atoms with Gasteiger partial charge in [0.2, 0.25) is 0 Å². The molecule has 0 saturated carbocycles. The van der Waals surface area contributed by atoms with Gasteiger partial charge in [-0.15, -0.1) is 11.3 Å². The van der Waals surface area contributed by atoms with E-state index in [9.17, 15) is 22.4 Å². The summed E-state index contributed by atoms with van der Waals surface area (Å²) < 4.78 is 48.6. The molecule has 3 aromatic rings. The van der Waals surface area contributed by atoms with Crippen molar-refractivity contribution in [3.8, 4) is 0 Å². The van der Waals surface area contributed by atoms with Crippen molar-refractivity contribution in [1.82, 2.24) is 8.87 Å². The number of benzene rings is 1. The van der Waals surface area contributed by atoms with Crippen molar-refractivity contribution in [3.05, 3.63) is 46.3 Å². The largest absolute Gasteiger partial charge is 0.465 e. The maximum absolute atomic E-state index is 14.5. The fourth-order valence-corrected chi connectivity index (χ4v) is 7.44. The Kier molecular flexibility index (Phi) is 6.56. The molecule has 1 amide bonds. The zero-order valence-electron chi connectivity index (χ0n) is 17.1. The van der Waals surface area contributed by atoms with Gasteiger partial charge >= 0.3 is 5.97 Å². The quantitative estimate of drug-likeness (QED) is 0.488. The molecule has 1 atom stereocenters. The van der Waals surface area contributed by atoms with Crippen LogP contribution in [-0.4, -0.2) is 48.4 Å². The van der Waals surface area contributed by atoms with Crippen LogP contribution in [0, 0.1) is 5.82 Å². The number of nitrogens with zero attached hydrogens (tertiary/aromatic N) is 3. The number of fused-ring (bicyclic) bond motifs is 1. The van der Waals surface area contributed by atoms with Crippen LogP contribution in [0.5, 0.6) is 0 Å². The normalized spacial score (nSPS) is 17.8. The van der Waals surface area contributed by atoms with Crippen LogP contribution in [0.1, 0.15) is 19.8 Å². The Balaban J connectivity index is 1.74. The van der Waals surface area contributed by atoms with Crippen LogP contribution in [0.25, 0.3) is 10.2 Å². The number of sulfonamides is 1. The highest BCUT2D eigenvalue weighted by Gasteiger charge is 2.40. The second-order valence-corrected chi connectivity index (χ2v) is 11.1. The zero-order valence-corrected chi connectivity index (χ0v) is 19.5. The highest BCUT2D eigenvalue weighted by molar-refractivity contribution is 7.91. The maximum Gasteiger partial charge on any atom is 0.326 e. The number of amides is 1. The fourth-order valence-electron chi connectivity index (χ4n) is 3.62. The maximum atomic E-state index is 14.5. The molecule has 1 fully saturated rings. The van der Waals surface area contributed by atoms with Gasteiger partial charge in [-0.2, -0.15) is 9.30 Å². The van der Waals surface area contributed by atoms with Crippen molar-refractivity contribution in [3.63, 3.8) is 0 Å². The highest BCUT2D eigenvalue weighted by Crippen LogP contribution is 2.29. The van der Waals surface area contributed by atoms with Gasteiger partial charge in [-0.05, 0) is 43.3 Å². The monoisotopic (exact) mass is 497 g/mol. The Morgan fingerprint density at radius 2 is 2.09 bits per heavy atom. The van der Waals surface area contributed by atoms with Crippen LogP contribution in [0.2, 0.25) is 0 Å². The average Bonchev–Trinajstić information content (AvgIpc) is 3.49. The number of aromatic nitrogens is 1. The molecule has 32 heavy (non-hydrogen) atoms. The van der Waals surface area contributed by atoms with Crippen molar-refractivity contribution < 1.29 is 27.1 Å². The molecule has 1 aromatic carbocycles. The van der Waals surface area contributed by atoms with Gasteiger partial charge in [-0.1, -0.05) is 23.5 Å². The number of ether oxygens (including phenoxy) is 1. The minimum Gasteiger partial charge on any atom is -0.465 e. The van der Waals surface area contributed by atoms with E-state index in [0.717, 1.165) is 22.7 Å². The third-order valence-corrected chi connectivity index (χ3v) is 9.32. The molecule has 3 heterocycles. The molecule has 0 radical (unpaired) electrons. The summed E-state index contributed by atoms with van der Waals surface area (Å²) in [5.74, 6) is -1.79. The second-order valence-electron chi connectivity index (χ2n) is 7.02. The Morgan fingerprint density at radius 3 is 2.81 bits per heavy atom. The number of carbonyl (C=O) groups excluding carboxylic acids is 2. The smallest absolute Gasteiger partial charge is 0.326 e. The molecule has 170 valence electrons. The molecule has 0 N–H and O–H groups in total. The Morgan fingerprint density at radius 1 is 1.28 bits per heavy atom. The molecule has 1 aliphatic rings. The first kappa shape index (κ1) is 22.8. The second kappa shape index (κ2) is 9.22. The lowest BCUT2D eigenvalue weighted by atomic mass is 10.2. The van der Waals surface area contributed by atoms with Crippen molar-refractivity contribution in [1.29, 1.82) is 0 Å². The molecule has 0 spiro atoms. The van der Waals surface area contributed by atoms with E-state index in [1.165, 1.54) is 27.1 Å². The summed E-state index contributed by atoms with van der Waals surface area (Å²) in [4.78, 5) is 29.4.